The minimum atomic E-state index is -0.586. The van der Waals surface area contributed by atoms with Crippen molar-refractivity contribution in [2.75, 3.05) is 13.2 Å². The van der Waals surface area contributed by atoms with Crippen LogP contribution in [-0.4, -0.2) is 24.2 Å². The number of aliphatic hydroxyl groups is 1. The average Bonchev–Trinajstić information content (AvgIpc) is 2.45. The zero-order chi connectivity index (χ0) is 15.9. The van der Waals surface area contributed by atoms with Crippen molar-refractivity contribution in [3.8, 4) is 11.8 Å². The maximum Gasteiger partial charge on any atom is 0.254 e. The zero-order valence-electron chi connectivity index (χ0n) is 12.8. The van der Waals surface area contributed by atoms with E-state index in [4.69, 9.17) is 5.11 Å². The van der Waals surface area contributed by atoms with Crippen molar-refractivity contribution in [1.82, 2.24) is 5.32 Å². The summed E-state index contributed by atoms with van der Waals surface area (Å²) in [6, 6.07) is 4.28. The molecule has 0 saturated carbocycles. The molecule has 1 aromatic rings. The Morgan fingerprint density at radius 2 is 2.14 bits per heavy atom. The Morgan fingerprint density at radius 1 is 1.43 bits per heavy atom. The maximum absolute atomic E-state index is 13.9. The molecule has 1 aromatic carbocycles. The molecule has 0 unspecified atom stereocenters. The number of carbonyl (C=O) groups excluding carboxylic acids is 1. The molecule has 114 valence electrons. The van der Waals surface area contributed by atoms with E-state index >= 15 is 0 Å². The third-order valence-electron chi connectivity index (χ3n) is 3.37. The van der Waals surface area contributed by atoms with Crippen LogP contribution in [0.1, 0.15) is 49.5 Å². The second-order valence-corrected chi connectivity index (χ2v) is 5.67. The highest BCUT2D eigenvalue weighted by Gasteiger charge is 2.18. The van der Waals surface area contributed by atoms with E-state index in [-0.39, 0.29) is 17.6 Å². The Bertz CT molecular complexity index is 556. The zero-order valence-corrected chi connectivity index (χ0v) is 12.8. The van der Waals surface area contributed by atoms with Crippen LogP contribution in [-0.2, 0) is 0 Å². The van der Waals surface area contributed by atoms with Crippen molar-refractivity contribution in [3.63, 3.8) is 0 Å². The summed E-state index contributed by atoms with van der Waals surface area (Å²) in [7, 11) is 0. The Morgan fingerprint density at radius 3 is 2.71 bits per heavy atom. The van der Waals surface area contributed by atoms with Gasteiger partial charge in [-0.15, -0.1) is 0 Å². The quantitative estimate of drug-likeness (QED) is 0.820. The lowest BCUT2D eigenvalue weighted by molar-refractivity contribution is 0.0931. The topological polar surface area (TPSA) is 49.3 Å². The molecule has 1 rings (SSSR count). The summed E-state index contributed by atoms with van der Waals surface area (Å²) in [5, 5.41) is 11.4. The minimum Gasteiger partial charge on any atom is -0.395 e. The summed E-state index contributed by atoms with van der Waals surface area (Å²) in [5.41, 5.74) is 0.503. The molecule has 0 aromatic heterocycles. The number of rotatable bonds is 5. The number of carbonyl (C=O) groups is 1. The van der Waals surface area contributed by atoms with Crippen LogP contribution >= 0.6 is 0 Å². The number of halogens is 1. The van der Waals surface area contributed by atoms with Gasteiger partial charge in [0, 0.05) is 18.5 Å². The van der Waals surface area contributed by atoms with Gasteiger partial charge in [0.2, 0.25) is 0 Å². The molecule has 21 heavy (non-hydrogen) atoms. The molecule has 0 heterocycles. The summed E-state index contributed by atoms with van der Waals surface area (Å²) in [4.78, 5) is 12.0. The summed E-state index contributed by atoms with van der Waals surface area (Å²) in [6.07, 6.45) is 1.27. The number of hydrogen-bond acceptors (Lipinski definition) is 2. The van der Waals surface area contributed by atoms with Crippen LogP contribution in [0, 0.1) is 23.1 Å². The van der Waals surface area contributed by atoms with Gasteiger partial charge in [0.1, 0.15) is 5.82 Å². The second-order valence-electron chi connectivity index (χ2n) is 5.67. The fourth-order valence-corrected chi connectivity index (χ4v) is 1.54. The molecule has 0 spiro atoms. The molecule has 0 aliphatic heterocycles. The highest BCUT2D eigenvalue weighted by atomic mass is 19.1. The van der Waals surface area contributed by atoms with E-state index in [1.165, 1.54) is 12.1 Å². The van der Waals surface area contributed by atoms with E-state index in [9.17, 15) is 9.18 Å². The number of benzene rings is 1. The molecule has 0 aliphatic rings. The van der Waals surface area contributed by atoms with E-state index in [1.807, 2.05) is 20.8 Å². The first-order chi connectivity index (χ1) is 9.89. The standard InChI is InChI=1S/C17H22FNO2/c1-4-17(2,3)12-19-16(21)14-9-8-13(11-15(14)18)7-5-6-10-20/h8-9,11,20H,4,6,10,12H2,1-3H3,(H,19,21). The lowest BCUT2D eigenvalue weighted by Gasteiger charge is -2.22. The van der Waals surface area contributed by atoms with Crippen molar-refractivity contribution in [2.45, 2.75) is 33.6 Å². The average molecular weight is 291 g/mol. The van der Waals surface area contributed by atoms with Gasteiger partial charge in [-0.1, -0.05) is 32.6 Å². The lowest BCUT2D eigenvalue weighted by Crippen LogP contribution is -2.34. The molecule has 2 N–H and O–H groups in total. The van der Waals surface area contributed by atoms with E-state index in [2.05, 4.69) is 17.2 Å². The van der Waals surface area contributed by atoms with Crippen LogP contribution in [0.5, 0.6) is 0 Å². The molecule has 3 nitrogen and oxygen atoms in total. The minimum absolute atomic E-state index is 0.0121. The molecule has 0 fully saturated rings. The van der Waals surface area contributed by atoms with Gasteiger partial charge in [0.05, 0.1) is 12.2 Å². The van der Waals surface area contributed by atoms with E-state index in [1.54, 1.807) is 6.07 Å². The van der Waals surface area contributed by atoms with Gasteiger partial charge in [0.15, 0.2) is 0 Å². The van der Waals surface area contributed by atoms with Crippen molar-refractivity contribution in [3.05, 3.63) is 35.1 Å². The Hall–Kier alpha value is -1.86. The molecule has 0 aliphatic carbocycles. The molecule has 0 radical (unpaired) electrons. The molecular formula is C17H22FNO2. The lowest BCUT2D eigenvalue weighted by atomic mass is 9.90. The monoisotopic (exact) mass is 291 g/mol. The van der Waals surface area contributed by atoms with Crippen LogP contribution in [0.2, 0.25) is 0 Å². The first-order valence-electron chi connectivity index (χ1n) is 7.07. The number of hydrogen-bond donors (Lipinski definition) is 2. The number of amides is 1. The highest BCUT2D eigenvalue weighted by Crippen LogP contribution is 2.18. The van der Waals surface area contributed by atoms with E-state index < -0.39 is 11.7 Å². The fraction of sp³-hybridized carbons (Fsp3) is 0.471. The van der Waals surface area contributed by atoms with Crippen LogP contribution in [0.3, 0.4) is 0 Å². The molecular weight excluding hydrogens is 269 g/mol. The van der Waals surface area contributed by atoms with E-state index in [0.717, 1.165) is 6.42 Å². The van der Waals surface area contributed by atoms with Crippen LogP contribution in [0.25, 0.3) is 0 Å². The number of nitrogens with one attached hydrogen (secondary N) is 1. The number of aliphatic hydroxyl groups excluding tert-OH is 1. The smallest absolute Gasteiger partial charge is 0.254 e. The normalized spacial score (nSPS) is 10.7. The Balaban J connectivity index is 2.76. The summed E-state index contributed by atoms with van der Waals surface area (Å²) in [5.74, 6) is 4.45. The van der Waals surface area contributed by atoms with Crippen molar-refractivity contribution < 1.29 is 14.3 Å². The third-order valence-corrected chi connectivity index (χ3v) is 3.37. The van der Waals surface area contributed by atoms with Crippen LogP contribution < -0.4 is 5.32 Å². The van der Waals surface area contributed by atoms with Gasteiger partial charge in [-0.2, -0.15) is 0 Å². The van der Waals surface area contributed by atoms with Crippen molar-refractivity contribution in [2.24, 2.45) is 5.41 Å². The molecule has 0 atom stereocenters. The predicted octanol–water partition coefficient (Wildman–Crippen LogP) is 2.73. The Labute approximate surface area is 125 Å². The predicted molar refractivity (Wildman–Crippen MR) is 81.4 cm³/mol. The molecule has 0 saturated heterocycles. The van der Waals surface area contributed by atoms with Crippen LogP contribution in [0.15, 0.2) is 18.2 Å². The highest BCUT2D eigenvalue weighted by molar-refractivity contribution is 5.94. The SMILES string of the molecule is CCC(C)(C)CNC(=O)c1ccc(C#CCCO)cc1F. The maximum atomic E-state index is 13.9. The molecule has 1 amide bonds. The van der Waals surface area contributed by atoms with Gasteiger partial charge in [-0.3, -0.25) is 4.79 Å². The summed E-state index contributed by atoms with van der Waals surface area (Å²) in [6.45, 7) is 6.61. The van der Waals surface area contributed by atoms with Gasteiger partial charge in [0.25, 0.3) is 5.91 Å². The van der Waals surface area contributed by atoms with Crippen LogP contribution in [0.4, 0.5) is 4.39 Å². The first-order valence-corrected chi connectivity index (χ1v) is 7.07. The van der Waals surface area contributed by atoms with Gasteiger partial charge >= 0.3 is 0 Å². The summed E-state index contributed by atoms with van der Waals surface area (Å²) < 4.78 is 13.9. The summed E-state index contributed by atoms with van der Waals surface area (Å²) >= 11 is 0. The van der Waals surface area contributed by atoms with Crippen molar-refractivity contribution >= 4 is 5.91 Å². The largest absolute Gasteiger partial charge is 0.395 e. The molecule has 0 bridgehead atoms. The first kappa shape index (κ1) is 17.2. The fourth-order valence-electron chi connectivity index (χ4n) is 1.54. The second kappa shape index (κ2) is 7.80. The third kappa shape index (κ3) is 5.57. The van der Waals surface area contributed by atoms with E-state index in [0.29, 0.717) is 18.5 Å². The molecule has 4 heteroatoms. The van der Waals surface area contributed by atoms with Gasteiger partial charge < -0.3 is 10.4 Å². The van der Waals surface area contributed by atoms with Gasteiger partial charge in [-0.25, -0.2) is 4.39 Å². The van der Waals surface area contributed by atoms with Crippen molar-refractivity contribution in [1.29, 1.82) is 0 Å². The van der Waals surface area contributed by atoms with Gasteiger partial charge in [-0.05, 0) is 30.0 Å². The Kier molecular flexibility index (Phi) is 6.39.